The standard InChI is InChI=1S/C21H23FN2O3/c22-17-8-6-16(7-9-17)14-20(25)23-18-10-12-24(13-11-18)21(26)15-27-19-4-2-1-3-5-19/h1-9,18H,10-15H2,(H,23,25). The fraction of sp³-hybridized carbons (Fsp3) is 0.333. The van der Waals surface area contributed by atoms with Gasteiger partial charge in [0.15, 0.2) is 6.61 Å². The van der Waals surface area contributed by atoms with Gasteiger partial charge in [0.05, 0.1) is 6.42 Å². The van der Waals surface area contributed by atoms with E-state index >= 15 is 0 Å². The van der Waals surface area contributed by atoms with Crippen molar-refractivity contribution >= 4 is 11.8 Å². The molecule has 0 aliphatic carbocycles. The van der Waals surface area contributed by atoms with Crippen molar-refractivity contribution in [2.24, 2.45) is 0 Å². The van der Waals surface area contributed by atoms with Gasteiger partial charge in [-0.25, -0.2) is 4.39 Å². The largest absolute Gasteiger partial charge is 0.484 e. The number of rotatable bonds is 6. The summed E-state index contributed by atoms with van der Waals surface area (Å²) in [5.74, 6) is 0.231. The third-order valence-corrected chi connectivity index (χ3v) is 4.60. The third kappa shape index (κ3) is 5.81. The summed E-state index contributed by atoms with van der Waals surface area (Å²) in [6.07, 6.45) is 1.66. The van der Waals surface area contributed by atoms with E-state index in [0.717, 1.165) is 5.56 Å². The van der Waals surface area contributed by atoms with E-state index < -0.39 is 0 Å². The van der Waals surface area contributed by atoms with Gasteiger partial charge in [-0.3, -0.25) is 9.59 Å². The summed E-state index contributed by atoms with van der Waals surface area (Å²) in [4.78, 5) is 26.2. The molecule has 0 bridgehead atoms. The highest BCUT2D eigenvalue weighted by atomic mass is 19.1. The van der Waals surface area contributed by atoms with Crippen LogP contribution in [0.2, 0.25) is 0 Å². The van der Waals surface area contributed by atoms with Crippen LogP contribution in [0.3, 0.4) is 0 Å². The Labute approximate surface area is 158 Å². The molecule has 5 nitrogen and oxygen atoms in total. The topological polar surface area (TPSA) is 58.6 Å². The lowest BCUT2D eigenvalue weighted by Gasteiger charge is -2.32. The second kappa shape index (κ2) is 9.16. The number of carbonyl (C=O) groups is 2. The van der Waals surface area contributed by atoms with E-state index in [9.17, 15) is 14.0 Å². The van der Waals surface area contributed by atoms with Crippen LogP contribution in [-0.4, -0.2) is 42.5 Å². The summed E-state index contributed by atoms with van der Waals surface area (Å²) in [6.45, 7) is 1.21. The molecule has 0 atom stereocenters. The normalized spacial score (nSPS) is 14.6. The molecule has 2 aromatic rings. The van der Waals surface area contributed by atoms with Crippen LogP contribution >= 0.6 is 0 Å². The fourth-order valence-corrected chi connectivity index (χ4v) is 3.09. The van der Waals surface area contributed by atoms with Crippen LogP contribution in [0.4, 0.5) is 4.39 Å². The SMILES string of the molecule is O=C(Cc1ccc(F)cc1)NC1CCN(C(=O)COc2ccccc2)CC1. The molecule has 2 aromatic carbocycles. The number of halogens is 1. The Balaban J connectivity index is 1.38. The maximum atomic E-state index is 12.9. The molecule has 1 fully saturated rings. The minimum absolute atomic E-state index is 0.0195. The van der Waals surface area contributed by atoms with Crippen LogP contribution < -0.4 is 10.1 Å². The number of carbonyl (C=O) groups excluding carboxylic acids is 2. The average Bonchev–Trinajstić information content (AvgIpc) is 2.69. The summed E-state index contributed by atoms with van der Waals surface area (Å²) < 4.78 is 18.4. The van der Waals surface area contributed by atoms with Crippen LogP contribution in [0.5, 0.6) is 5.75 Å². The lowest BCUT2D eigenvalue weighted by Crippen LogP contribution is -2.48. The summed E-state index contributed by atoms with van der Waals surface area (Å²) in [7, 11) is 0. The molecule has 6 heteroatoms. The quantitative estimate of drug-likeness (QED) is 0.850. The number of ether oxygens (including phenoxy) is 1. The van der Waals surface area contributed by atoms with Crippen LogP contribution in [0, 0.1) is 5.82 Å². The van der Waals surface area contributed by atoms with Gasteiger partial charge >= 0.3 is 0 Å². The summed E-state index contributed by atoms with van der Waals surface area (Å²) >= 11 is 0. The Hall–Kier alpha value is -2.89. The van der Waals surface area contributed by atoms with Crippen molar-refractivity contribution in [1.29, 1.82) is 0 Å². The van der Waals surface area contributed by atoms with Crippen molar-refractivity contribution in [3.63, 3.8) is 0 Å². The lowest BCUT2D eigenvalue weighted by molar-refractivity contribution is -0.134. The van der Waals surface area contributed by atoms with E-state index in [1.54, 1.807) is 17.0 Å². The van der Waals surface area contributed by atoms with Gasteiger partial charge in [-0.05, 0) is 42.7 Å². The number of hydrogen-bond acceptors (Lipinski definition) is 3. The smallest absolute Gasteiger partial charge is 0.260 e. The Kier molecular flexibility index (Phi) is 6.41. The maximum absolute atomic E-state index is 12.9. The van der Waals surface area contributed by atoms with Gasteiger partial charge in [0, 0.05) is 19.1 Å². The Morgan fingerprint density at radius 3 is 2.37 bits per heavy atom. The predicted octanol–water partition coefficient (Wildman–Crippen LogP) is 2.55. The Morgan fingerprint density at radius 1 is 1.04 bits per heavy atom. The molecule has 3 rings (SSSR count). The number of likely N-dealkylation sites (tertiary alicyclic amines) is 1. The third-order valence-electron chi connectivity index (χ3n) is 4.60. The zero-order valence-electron chi connectivity index (χ0n) is 15.1. The fourth-order valence-electron chi connectivity index (χ4n) is 3.09. The highest BCUT2D eigenvalue weighted by Gasteiger charge is 2.24. The van der Waals surface area contributed by atoms with Crippen molar-refractivity contribution in [3.05, 3.63) is 66.0 Å². The number of amides is 2. The Bertz CT molecular complexity index is 757. The van der Waals surface area contributed by atoms with E-state index in [0.29, 0.717) is 31.7 Å². The van der Waals surface area contributed by atoms with Gasteiger partial charge in [0.25, 0.3) is 5.91 Å². The highest BCUT2D eigenvalue weighted by molar-refractivity contribution is 5.79. The van der Waals surface area contributed by atoms with Crippen LogP contribution in [0.25, 0.3) is 0 Å². The molecule has 1 N–H and O–H groups in total. The van der Waals surface area contributed by atoms with Crippen LogP contribution in [0.1, 0.15) is 18.4 Å². The van der Waals surface area contributed by atoms with E-state index in [1.807, 2.05) is 30.3 Å². The number of piperidine rings is 1. The molecule has 1 aliphatic rings. The molecule has 2 amide bonds. The number of benzene rings is 2. The molecule has 0 spiro atoms. The minimum Gasteiger partial charge on any atom is -0.484 e. The van der Waals surface area contributed by atoms with E-state index in [1.165, 1.54) is 12.1 Å². The van der Waals surface area contributed by atoms with Crippen molar-refractivity contribution in [1.82, 2.24) is 10.2 Å². The van der Waals surface area contributed by atoms with Crippen molar-refractivity contribution in [2.75, 3.05) is 19.7 Å². The van der Waals surface area contributed by atoms with E-state index in [2.05, 4.69) is 5.32 Å². The van der Waals surface area contributed by atoms with Gasteiger partial charge in [-0.15, -0.1) is 0 Å². The van der Waals surface area contributed by atoms with Gasteiger partial charge in [-0.2, -0.15) is 0 Å². The van der Waals surface area contributed by atoms with Gasteiger partial charge in [-0.1, -0.05) is 30.3 Å². The summed E-state index contributed by atoms with van der Waals surface area (Å²) in [5, 5.41) is 3.00. The van der Waals surface area contributed by atoms with Crippen molar-refractivity contribution in [3.8, 4) is 5.75 Å². The minimum atomic E-state index is -0.313. The number of nitrogens with one attached hydrogen (secondary N) is 1. The van der Waals surface area contributed by atoms with Crippen LogP contribution in [-0.2, 0) is 16.0 Å². The molecular formula is C21H23FN2O3. The first-order valence-electron chi connectivity index (χ1n) is 9.09. The molecule has 27 heavy (non-hydrogen) atoms. The first-order chi connectivity index (χ1) is 13.1. The average molecular weight is 370 g/mol. The molecule has 0 aromatic heterocycles. The molecule has 0 saturated carbocycles. The monoisotopic (exact) mass is 370 g/mol. The van der Waals surface area contributed by atoms with Crippen molar-refractivity contribution in [2.45, 2.75) is 25.3 Å². The molecular weight excluding hydrogens is 347 g/mol. The highest BCUT2D eigenvalue weighted by Crippen LogP contribution is 2.13. The first kappa shape index (κ1) is 18.9. The molecule has 1 heterocycles. The van der Waals surface area contributed by atoms with E-state index in [-0.39, 0.29) is 36.7 Å². The lowest BCUT2D eigenvalue weighted by atomic mass is 10.0. The number of nitrogens with zero attached hydrogens (tertiary/aromatic N) is 1. The summed E-state index contributed by atoms with van der Waals surface area (Å²) in [6, 6.07) is 15.2. The van der Waals surface area contributed by atoms with Crippen LogP contribution in [0.15, 0.2) is 54.6 Å². The summed E-state index contributed by atoms with van der Waals surface area (Å²) in [5.41, 5.74) is 0.777. The number of hydrogen-bond donors (Lipinski definition) is 1. The first-order valence-corrected chi connectivity index (χ1v) is 9.09. The molecule has 0 radical (unpaired) electrons. The predicted molar refractivity (Wildman–Crippen MR) is 99.8 cm³/mol. The molecule has 1 aliphatic heterocycles. The van der Waals surface area contributed by atoms with E-state index in [4.69, 9.17) is 4.74 Å². The van der Waals surface area contributed by atoms with Crippen molar-refractivity contribution < 1.29 is 18.7 Å². The molecule has 0 unspecified atom stereocenters. The maximum Gasteiger partial charge on any atom is 0.260 e. The molecule has 142 valence electrons. The van der Waals surface area contributed by atoms with Gasteiger partial charge in [0.1, 0.15) is 11.6 Å². The van der Waals surface area contributed by atoms with Gasteiger partial charge < -0.3 is 15.0 Å². The Morgan fingerprint density at radius 2 is 1.70 bits per heavy atom. The zero-order chi connectivity index (χ0) is 19.1. The zero-order valence-corrected chi connectivity index (χ0v) is 15.1. The second-order valence-corrected chi connectivity index (χ2v) is 6.63. The van der Waals surface area contributed by atoms with Gasteiger partial charge in [0.2, 0.25) is 5.91 Å². The number of para-hydroxylation sites is 1. The molecule has 1 saturated heterocycles. The second-order valence-electron chi connectivity index (χ2n) is 6.63.